The number of benzene rings is 2. The number of amides is 1. The van der Waals surface area contributed by atoms with E-state index in [0.717, 1.165) is 31.8 Å². The summed E-state index contributed by atoms with van der Waals surface area (Å²) >= 11 is 0. The lowest BCUT2D eigenvalue weighted by Crippen LogP contribution is -2.30. The number of hydrogen-bond donors (Lipinski definition) is 1. The van der Waals surface area contributed by atoms with Crippen molar-refractivity contribution in [3.05, 3.63) is 60.2 Å². The summed E-state index contributed by atoms with van der Waals surface area (Å²) in [6.45, 7) is 3.36. The Balaban J connectivity index is 1.55. The first kappa shape index (κ1) is 18.3. The molecule has 1 unspecified atom stereocenters. The van der Waals surface area contributed by atoms with Crippen LogP contribution in [0.3, 0.4) is 0 Å². The second-order valence-electron chi connectivity index (χ2n) is 6.47. The second-order valence-corrected chi connectivity index (χ2v) is 6.47. The Morgan fingerprint density at radius 3 is 2.62 bits per heavy atom. The van der Waals surface area contributed by atoms with Gasteiger partial charge in [-0.1, -0.05) is 30.3 Å². The van der Waals surface area contributed by atoms with Crippen LogP contribution in [0.15, 0.2) is 54.6 Å². The van der Waals surface area contributed by atoms with Crippen molar-refractivity contribution in [2.75, 3.05) is 39.9 Å². The third-order valence-corrected chi connectivity index (χ3v) is 4.54. The number of rotatable bonds is 8. The van der Waals surface area contributed by atoms with Crippen LogP contribution in [-0.2, 0) is 0 Å². The summed E-state index contributed by atoms with van der Waals surface area (Å²) in [5.74, 6) is 2.00. The zero-order valence-corrected chi connectivity index (χ0v) is 15.2. The molecular formula is C21H26N2O3. The first-order chi connectivity index (χ1) is 12.8. The lowest BCUT2D eigenvalue weighted by molar-refractivity contribution is 0.0781. The molecule has 0 aromatic heterocycles. The average molecular weight is 354 g/mol. The van der Waals surface area contributed by atoms with Crippen LogP contribution in [-0.4, -0.2) is 50.7 Å². The molecule has 1 amide bonds. The minimum absolute atomic E-state index is 0.0446. The lowest BCUT2D eigenvalue weighted by atomic mass is 10.1. The second kappa shape index (κ2) is 9.25. The van der Waals surface area contributed by atoms with Gasteiger partial charge in [0.2, 0.25) is 0 Å². The molecule has 26 heavy (non-hydrogen) atoms. The smallest absolute Gasteiger partial charge is 0.257 e. The molecule has 2 aromatic carbocycles. The van der Waals surface area contributed by atoms with Crippen LogP contribution in [0.4, 0.5) is 0 Å². The van der Waals surface area contributed by atoms with E-state index in [-0.39, 0.29) is 5.91 Å². The molecule has 1 N–H and O–H groups in total. The van der Waals surface area contributed by atoms with E-state index in [1.54, 1.807) is 0 Å². The summed E-state index contributed by atoms with van der Waals surface area (Å²) < 4.78 is 11.5. The minimum Gasteiger partial charge on any atom is -0.490 e. The molecule has 3 rings (SSSR count). The molecule has 0 saturated carbocycles. The Hall–Kier alpha value is -2.53. The number of likely N-dealkylation sites (tertiary alicyclic amines) is 1. The van der Waals surface area contributed by atoms with Crippen LogP contribution in [0.5, 0.6) is 11.5 Å². The molecule has 0 aliphatic carbocycles. The van der Waals surface area contributed by atoms with Crippen molar-refractivity contribution >= 4 is 5.91 Å². The maximum absolute atomic E-state index is 12.9. The van der Waals surface area contributed by atoms with Gasteiger partial charge in [0.1, 0.15) is 24.7 Å². The average Bonchev–Trinajstić information content (AvgIpc) is 3.15. The molecule has 2 aromatic rings. The number of para-hydroxylation sites is 2. The third-order valence-electron chi connectivity index (χ3n) is 4.54. The van der Waals surface area contributed by atoms with Gasteiger partial charge >= 0.3 is 0 Å². The van der Waals surface area contributed by atoms with E-state index < -0.39 is 0 Å². The van der Waals surface area contributed by atoms with E-state index in [9.17, 15) is 4.79 Å². The zero-order valence-electron chi connectivity index (χ0n) is 15.2. The number of nitrogens with one attached hydrogen (secondary N) is 1. The van der Waals surface area contributed by atoms with Gasteiger partial charge in [0, 0.05) is 13.1 Å². The maximum Gasteiger partial charge on any atom is 0.257 e. The molecule has 5 heteroatoms. The molecule has 0 bridgehead atoms. The highest BCUT2D eigenvalue weighted by molar-refractivity contribution is 5.97. The van der Waals surface area contributed by atoms with Crippen LogP contribution < -0.4 is 14.8 Å². The number of ether oxygens (including phenoxy) is 2. The quantitative estimate of drug-likeness (QED) is 0.741. The minimum atomic E-state index is 0.0446. The van der Waals surface area contributed by atoms with E-state index in [1.165, 1.54) is 0 Å². The molecule has 1 fully saturated rings. The molecule has 1 aliphatic rings. The fourth-order valence-corrected chi connectivity index (χ4v) is 3.24. The van der Waals surface area contributed by atoms with Crippen LogP contribution in [0.2, 0.25) is 0 Å². The highest BCUT2D eigenvalue weighted by Gasteiger charge is 2.27. The molecule has 1 aliphatic heterocycles. The predicted molar refractivity (Wildman–Crippen MR) is 102 cm³/mol. The summed E-state index contributed by atoms with van der Waals surface area (Å²) in [5, 5.41) is 3.19. The van der Waals surface area contributed by atoms with Gasteiger partial charge in [-0.15, -0.1) is 0 Å². The number of nitrogens with zero attached hydrogens (tertiary/aromatic N) is 1. The third kappa shape index (κ3) is 4.76. The molecule has 1 atom stereocenters. The Kier molecular flexibility index (Phi) is 6.50. The molecule has 138 valence electrons. The van der Waals surface area contributed by atoms with Gasteiger partial charge < -0.3 is 19.7 Å². The molecule has 0 spiro atoms. The van der Waals surface area contributed by atoms with Gasteiger partial charge in [0.25, 0.3) is 5.91 Å². The Morgan fingerprint density at radius 1 is 1.08 bits per heavy atom. The van der Waals surface area contributed by atoms with E-state index >= 15 is 0 Å². The standard InChI is InChI=1S/C21H26N2O3/c1-22-15-17-11-12-23(16-17)21(24)19-9-5-6-10-20(19)26-14-13-25-18-7-3-2-4-8-18/h2-10,17,22H,11-16H2,1H3. The van der Waals surface area contributed by atoms with Crippen LogP contribution in [0.25, 0.3) is 0 Å². The normalized spacial score (nSPS) is 16.5. The van der Waals surface area contributed by atoms with Crippen LogP contribution in [0, 0.1) is 5.92 Å². The van der Waals surface area contributed by atoms with Crippen molar-refractivity contribution in [1.82, 2.24) is 10.2 Å². The van der Waals surface area contributed by atoms with Crippen molar-refractivity contribution in [1.29, 1.82) is 0 Å². The topological polar surface area (TPSA) is 50.8 Å². The van der Waals surface area contributed by atoms with E-state index in [1.807, 2.05) is 66.5 Å². The predicted octanol–water partition coefficient (Wildman–Crippen LogP) is 2.83. The molecule has 1 saturated heterocycles. The van der Waals surface area contributed by atoms with Crippen LogP contribution >= 0.6 is 0 Å². The lowest BCUT2D eigenvalue weighted by Gasteiger charge is -2.19. The summed E-state index contributed by atoms with van der Waals surface area (Å²) in [7, 11) is 1.95. The molecule has 1 heterocycles. The summed E-state index contributed by atoms with van der Waals surface area (Å²) in [4.78, 5) is 14.8. The number of carbonyl (C=O) groups excluding carboxylic acids is 1. The summed E-state index contributed by atoms with van der Waals surface area (Å²) in [6, 6.07) is 17.1. The fraction of sp³-hybridized carbons (Fsp3) is 0.381. The van der Waals surface area contributed by atoms with Crippen molar-refractivity contribution in [2.24, 2.45) is 5.92 Å². The van der Waals surface area contributed by atoms with Gasteiger partial charge in [-0.3, -0.25) is 4.79 Å². The van der Waals surface area contributed by atoms with Crippen molar-refractivity contribution in [2.45, 2.75) is 6.42 Å². The highest BCUT2D eigenvalue weighted by atomic mass is 16.5. The Labute approximate surface area is 154 Å². The summed E-state index contributed by atoms with van der Waals surface area (Å²) in [6.07, 6.45) is 1.04. The van der Waals surface area contributed by atoms with E-state index in [2.05, 4.69) is 5.32 Å². The zero-order chi connectivity index (χ0) is 18.2. The highest BCUT2D eigenvalue weighted by Crippen LogP contribution is 2.24. The monoisotopic (exact) mass is 354 g/mol. The van der Waals surface area contributed by atoms with Gasteiger partial charge in [-0.05, 0) is 50.2 Å². The van der Waals surface area contributed by atoms with Gasteiger partial charge in [0.05, 0.1) is 5.56 Å². The fourth-order valence-electron chi connectivity index (χ4n) is 3.24. The Morgan fingerprint density at radius 2 is 1.81 bits per heavy atom. The van der Waals surface area contributed by atoms with Gasteiger partial charge in [-0.2, -0.15) is 0 Å². The van der Waals surface area contributed by atoms with E-state index in [0.29, 0.717) is 30.4 Å². The van der Waals surface area contributed by atoms with Crippen molar-refractivity contribution in [3.8, 4) is 11.5 Å². The SMILES string of the molecule is CNCC1CCN(C(=O)c2ccccc2OCCOc2ccccc2)C1. The van der Waals surface area contributed by atoms with Crippen molar-refractivity contribution in [3.63, 3.8) is 0 Å². The van der Waals surface area contributed by atoms with Gasteiger partial charge in [0.15, 0.2) is 0 Å². The Bertz CT molecular complexity index is 705. The van der Waals surface area contributed by atoms with Crippen LogP contribution in [0.1, 0.15) is 16.8 Å². The first-order valence-corrected chi connectivity index (χ1v) is 9.11. The molecule has 5 nitrogen and oxygen atoms in total. The maximum atomic E-state index is 12.9. The number of hydrogen-bond acceptors (Lipinski definition) is 4. The van der Waals surface area contributed by atoms with E-state index in [4.69, 9.17) is 9.47 Å². The first-order valence-electron chi connectivity index (χ1n) is 9.11. The largest absolute Gasteiger partial charge is 0.490 e. The molecule has 0 radical (unpaired) electrons. The number of carbonyl (C=O) groups is 1. The summed E-state index contributed by atoms with van der Waals surface area (Å²) in [5.41, 5.74) is 0.623. The van der Waals surface area contributed by atoms with Crippen molar-refractivity contribution < 1.29 is 14.3 Å². The van der Waals surface area contributed by atoms with Gasteiger partial charge in [-0.25, -0.2) is 0 Å². The molecular weight excluding hydrogens is 328 g/mol.